The van der Waals surface area contributed by atoms with Gasteiger partial charge in [-0.2, -0.15) is 8.42 Å². The summed E-state index contributed by atoms with van der Waals surface area (Å²) in [5.74, 6) is 0.906. The zero-order valence-electron chi connectivity index (χ0n) is 15.4. The molecule has 0 radical (unpaired) electrons. The molecule has 2 aliphatic carbocycles. The zero-order chi connectivity index (χ0) is 18.2. The maximum absolute atomic E-state index is 12.4. The van der Waals surface area contributed by atoms with Crippen LogP contribution in [0.2, 0.25) is 0 Å². The average Bonchev–Trinajstić information content (AvgIpc) is 2.92. The number of aliphatic hydroxyl groups excluding tert-OH is 1. The van der Waals surface area contributed by atoms with Crippen LogP contribution < -0.4 is 0 Å². The van der Waals surface area contributed by atoms with Crippen LogP contribution in [0.5, 0.6) is 0 Å². The van der Waals surface area contributed by atoms with E-state index in [-0.39, 0.29) is 28.9 Å². The van der Waals surface area contributed by atoms with Gasteiger partial charge in [-0.15, -0.1) is 0 Å². The van der Waals surface area contributed by atoms with E-state index in [1.54, 1.807) is 24.3 Å². The van der Waals surface area contributed by atoms with Crippen molar-refractivity contribution in [1.29, 1.82) is 0 Å². The Morgan fingerprint density at radius 3 is 2.60 bits per heavy atom. The molecule has 0 spiro atoms. The first kappa shape index (κ1) is 18.9. The van der Waals surface area contributed by atoms with Crippen LogP contribution in [0.1, 0.15) is 51.5 Å². The molecular weight excluding hydrogens is 336 g/mol. The molecule has 25 heavy (non-hydrogen) atoms. The predicted octanol–water partition coefficient (Wildman–Crippen LogP) is 3.91. The van der Waals surface area contributed by atoms with E-state index in [2.05, 4.69) is 13.8 Å². The number of rotatable bonds is 5. The van der Waals surface area contributed by atoms with Gasteiger partial charge in [-0.05, 0) is 67.9 Å². The van der Waals surface area contributed by atoms with E-state index in [1.165, 1.54) is 0 Å². The Balaban J connectivity index is 1.66. The molecule has 0 bridgehead atoms. The van der Waals surface area contributed by atoms with Crippen molar-refractivity contribution in [2.75, 3.05) is 6.61 Å². The number of aliphatic hydroxyl groups is 1. The Hall–Kier alpha value is -0.910. The molecule has 0 unspecified atom stereocenters. The zero-order valence-corrected chi connectivity index (χ0v) is 16.3. The van der Waals surface area contributed by atoms with E-state index >= 15 is 0 Å². The SMILES string of the molecule is Cc1ccc(S(=O)(=O)OC[C@@H](C)[C@H]2CC[C@@H]3[C@@H](O)CCC[C@]23C)cc1. The second-order valence-electron chi connectivity index (χ2n) is 8.28. The van der Waals surface area contributed by atoms with E-state index < -0.39 is 10.1 Å². The molecule has 2 saturated carbocycles. The molecule has 5 heteroatoms. The highest BCUT2D eigenvalue weighted by Gasteiger charge is 2.52. The van der Waals surface area contributed by atoms with Crippen LogP contribution in [0.3, 0.4) is 0 Å². The number of fused-ring (bicyclic) bond motifs is 1. The van der Waals surface area contributed by atoms with E-state index in [0.717, 1.165) is 37.7 Å². The van der Waals surface area contributed by atoms with Crippen LogP contribution in [0.25, 0.3) is 0 Å². The predicted molar refractivity (Wildman–Crippen MR) is 97.7 cm³/mol. The van der Waals surface area contributed by atoms with E-state index in [0.29, 0.717) is 11.8 Å². The third-order valence-electron chi connectivity index (χ3n) is 6.65. The summed E-state index contributed by atoms with van der Waals surface area (Å²) in [7, 11) is -3.71. The van der Waals surface area contributed by atoms with E-state index in [4.69, 9.17) is 4.18 Å². The van der Waals surface area contributed by atoms with Crippen LogP contribution in [0, 0.1) is 30.1 Å². The van der Waals surface area contributed by atoms with Crippen LogP contribution in [0.15, 0.2) is 29.2 Å². The number of benzene rings is 1. The van der Waals surface area contributed by atoms with Crippen molar-refractivity contribution in [2.24, 2.45) is 23.2 Å². The highest BCUT2D eigenvalue weighted by atomic mass is 32.2. The lowest BCUT2D eigenvalue weighted by Crippen LogP contribution is -2.42. The standard InChI is InChI=1S/C20H30O4S/c1-14-6-8-16(9-7-14)25(22,23)24-13-15(2)17-10-11-18-19(21)5-4-12-20(17,18)3/h6-9,15,17-19,21H,4-5,10-13H2,1-3H3/t15-,17-,18-,19+,20-/m1/s1. The fraction of sp³-hybridized carbons (Fsp3) is 0.700. The quantitative estimate of drug-likeness (QED) is 0.803. The lowest BCUT2D eigenvalue weighted by Gasteiger charge is -2.45. The van der Waals surface area contributed by atoms with Crippen molar-refractivity contribution in [2.45, 2.75) is 63.9 Å². The molecule has 0 heterocycles. The molecule has 2 fully saturated rings. The smallest absolute Gasteiger partial charge is 0.296 e. The van der Waals surface area contributed by atoms with Crippen LogP contribution >= 0.6 is 0 Å². The summed E-state index contributed by atoms with van der Waals surface area (Å²) < 4.78 is 30.2. The molecule has 3 rings (SSSR count). The Morgan fingerprint density at radius 1 is 1.24 bits per heavy atom. The van der Waals surface area contributed by atoms with Gasteiger partial charge < -0.3 is 5.11 Å². The molecule has 1 aromatic carbocycles. The van der Waals surface area contributed by atoms with Crippen LogP contribution in [-0.2, 0) is 14.3 Å². The van der Waals surface area contributed by atoms with Gasteiger partial charge in [0.25, 0.3) is 10.1 Å². The molecule has 0 aromatic heterocycles. The molecule has 5 atom stereocenters. The topological polar surface area (TPSA) is 63.6 Å². The average molecular weight is 367 g/mol. The fourth-order valence-electron chi connectivity index (χ4n) is 5.21. The van der Waals surface area contributed by atoms with Crippen LogP contribution in [0.4, 0.5) is 0 Å². The molecule has 1 aromatic rings. The first-order valence-corrected chi connectivity index (χ1v) is 10.8. The van der Waals surface area contributed by atoms with E-state index in [1.807, 2.05) is 6.92 Å². The van der Waals surface area contributed by atoms with Gasteiger partial charge in [-0.25, -0.2) is 0 Å². The summed E-state index contributed by atoms with van der Waals surface area (Å²) in [5.41, 5.74) is 1.13. The van der Waals surface area contributed by atoms with E-state index in [9.17, 15) is 13.5 Å². The molecular formula is C20H30O4S. The normalized spacial score (nSPS) is 33.8. The lowest BCUT2D eigenvalue weighted by atomic mass is 9.62. The minimum atomic E-state index is -3.71. The van der Waals surface area contributed by atoms with Crippen molar-refractivity contribution in [3.05, 3.63) is 29.8 Å². The fourth-order valence-corrected chi connectivity index (χ4v) is 6.21. The van der Waals surface area contributed by atoms with Gasteiger partial charge in [0, 0.05) is 0 Å². The van der Waals surface area contributed by atoms with Gasteiger partial charge in [-0.3, -0.25) is 4.18 Å². The Labute approximate surface area is 151 Å². The Kier molecular flexibility index (Phi) is 5.29. The molecule has 2 aliphatic rings. The summed E-state index contributed by atoms with van der Waals surface area (Å²) in [6, 6.07) is 6.76. The van der Waals surface area contributed by atoms with Crippen molar-refractivity contribution < 1.29 is 17.7 Å². The Morgan fingerprint density at radius 2 is 1.92 bits per heavy atom. The Bertz CT molecular complexity index is 697. The number of hydrogen-bond acceptors (Lipinski definition) is 4. The summed E-state index contributed by atoms with van der Waals surface area (Å²) in [6.45, 7) is 6.50. The second-order valence-corrected chi connectivity index (χ2v) is 9.90. The third kappa shape index (κ3) is 3.64. The highest BCUT2D eigenvalue weighted by molar-refractivity contribution is 7.86. The second kappa shape index (κ2) is 7.01. The van der Waals surface area contributed by atoms with Crippen molar-refractivity contribution in [3.63, 3.8) is 0 Å². The largest absolute Gasteiger partial charge is 0.393 e. The monoisotopic (exact) mass is 366 g/mol. The third-order valence-corrected chi connectivity index (χ3v) is 7.94. The lowest BCUT2D eigenvalue weighted by molar-refractivity contribution is -0.0307. The maximum atomic E-state index is 12.4. The summed E-state index contributed by atoms with van der Waals surface area (Å²) in [6.07, 6.45) is 4.96. The first-order chi connectivity index (χ1) is 11.7. The van der Waals surface area contributed by atoms with Gasteiger partial charge in [0.05, 0.1) is 17.6 Å². The van der Waals surface area contributed by atoms with Gasteiger partial charge in [0.2, 0.25) is 0 Å². The minimum Gasteiger partial charge on any atom is -0.393 e. The van der Waals surface area contributed by atoms with Crippen molar-refractivity contribution in [3.8, 4) is 0 Å². The van der Waals surface area contributed by atoms with Crippen LogP contribution in [-0.4, -0.2) is 26.2 Å². The summed E-state index contributed by atoms with van der Waals surface area (Å²) >= 11 is 0. The van der Waals surface area contributed by atoms with Gasteiger partial charge in [0.15, 0.2) is 0 Å². The first-order valence-electron chi connectivity index (χ1n) is 9.38. The number of hydrogen-bond donors (Lipinski definition) is 1. The molecule has 0 saturated heterocycles. The van der Waals surface area contributed by atoms with Gasteiger partial charge >= 0.3 is 0 Å². The number of aryl methyl sites for hydroxylation is 1. The molecule has 4 nitrogen and oxygen atoms in total. The van der Waals surface area contributed by atoms with Gasteiger partial charge in [-0.1, -0.05) is 38.0 Å². The summed E-state index contributed by atoms with van der Waals surface area (Å²) in [4.78, 5) is 0.217. The molecule has 1 N–H and O–H groups in total. The highest BCUT2D eigenvalue weighted by Crippen LogP contribution is 2.57. The van der Waals surface area contributed by atoms with Crippen molar-refractivity contribution >= 4 is 10.1 Å². The minimum absolute atomic E-state index is 0.105. The maximum Gasteiger partial charge on any atom is 0.296 e. The molecule has 140 valence electrons. The molecule has 0 amide bonds. The summed E-state index contributed by atoms with van der Waals surface area (Å²) in [5, 5.41) is 10.3. The molecule has 0 aliphatic heterocycles. The van der Waals surface area contributed by atoms with Gasteiger partial charge in [0.1, 0.15) is 0 Å². The van der Waals surface area contributed by atoms with Crippen molar-refractivity contribution in [1.82, 2.24) is 0 Å².